The first-order valence-electron chi connectivity index (χ1n) is 5.90. The number of esters is 1. The Labute approximate surface area is 115 Å². The van der Waals surface area contributed by atoms with Crippen LogP contribution in [0.2, 0.25) is 0 Å². The summed E-state index contributed by atoms with van der Waals surface area (Å²) in [6.07, 6.45) is 0. The van der Waals surface area contributed by atoms with E-state index in [1.54, 1.807) is 0 Å². The molecule has 0 spiro atoms. The monoisotopic (exact) mass is 284 g/mol. The van der Waals surface area contributed by atoms with Crippen molar-refractivity contribution in [2.75, 3.05) is 44.0 Å². The summed E-state index contributed by atoms with van der Waals surface area (Å²) in [5.41, 5.74) is 6.42. The van der Waals surface area contributed by atoms with Crippen LogP contribution < -0.4 is 10.6 Å². The lowest BCUT2D eigenvalue weighted by Gasteiger charge is -2.28. The SMILES string of the molecule is COC(=O)c1c(N2CCOCC2)sc(C(C)=O)c1N. The fraction of sp³-hybridized carbons (Fsp3) is 0.500. The van der Waals surface area contributed by atoms with E-state index >= 15 is 0 Å². The highest BCUT2D eigenvalue weighted by Crippen LogP contribution is 2.39. The molecular formula is C12H16N2O4S. The van der Waals surface area contributed by atoms with E-state index in [1.807, 2.05) is 4.90 Å². The van der Waals surface area contributed by atoms with Crippen LogP contribution >= 0.6 is 11.3 Å². The summed E-state index contributed by atoms with van der Waals surface area (Å²) < 4.78 is 10.0. The minimum absolute atomic E-state index is 0.146. The Morgan fingerprint density at radius 3 is 2.53 bits per heavy atom. The lowest BCUT2D eigenvalue weighted by molar-refractivity contribution is 0.0602. The van der Waals surface area contributed by atoms with Crippen molar-refractivity contribution in [1.29, 1.82) is 0 Å². The molecule has 0 amide bonds. The first-order chi connectivity index (χ1) is 9.06. The second kappa shape index (κ2) is 5.58. The Balaban J connectivity index is 2.48. The van der Waals surface area contributed by atoms with Crippen molar-refractivity contribution < 1.29 is 19.1 Å². The molecule has 19 heavy (non-hydrogen) atoms. The fourth-order valence-corrected chi connectivity index (χ4v) is 3.14. The molecule has 0 saturated carbocycles. The number of carbonyl (C=O) groups is 2. The summed E-state index contributed by atoms with van der Waals surface area (Å²) in [4.78, 5) is 25.8. The first-order valence-corrected chi connectivity index (χ1v) is 6.72. The molecule has 2 heterocycles. The third-order valence-electron chi connectivity index (χ3n) is 2.93. The summed E-state index contributed by atoms with van der Waals surface area (Å²) in [5, 5.41) is 0.692. The van der Waals surface area contributed by atoms with Gasteiger partial charge in [0.1, 0.15) is 10.6 Å². The van der Waals surface area contributed by atoms with Crippen LogP contribution in [0.25, 0.3) is 0 Å². The summed E-state index contributed by atoms with van der Waals surface area (Å²) >= 11 is 1.24. The van der Waals surface area contributed by atoms with Crippen molar-refractivity contribution in [1.82, 2.24) is 0 Å². The summed E-state index contributed by atoms with van der Waals surface area (Å²) in [7, 11) is 1.30. The largest absolute Gasteiger partial charge is 0.465 e. The summed E-state index contributed by atoms with van der Waals surface area (Å²) in [6.45, 7) is 3.95. The van der Waals surface area contributed by atoms with E-state index < -0.39 is 5.97 Å². The van der Waals surface area contributed by atoms with Crippen LogP contribution in [-0.2, 0) is 9.47 Å². The van der Waals surface area contributed by atoms with Crippen LogP contribution in [0.1, 0.15) is 27.0 Å². The summed E-state index contributed by atoms with van der Waals surface area (Å²) in [6, 6.07) is 0. The molecule has 6 nitrogen and oxygen atoms in total. The normalized spacial score (nSPS) is 15.4. The van der Waals surface area contributed by atoms with Gasteiger partial charge in [0.15, 0.2) is 5.78 Å². The minimum Gasteiger partial charge on any atom is -0.465 e. The maximum absolute atomic E-state index is 11.9. The van der Waals surface area contributed by atoms with E-state index in [-0.39, 0.29) is 11.5 Å². The first kappa shape index (κ1) is 13.8. The van der Waals surface area contributed by atoms with Gasteiger partial charge in [0.25, 0.3) is 0 Å². The highest BCUT2D eigenvalue weighted by Gasteiger charge is 2.28. The van der Waals surface area contributed by atoms with Gasteiger partial charge < -0.3 is 20.1 Å². The van der Waals surface area contributed by atoms with Crippen LogP contribution in [-0.4, -0.2) is 45.2 Å². The van der Waals surface area contributed by atoms with Crippen molar-refractivity contribution in [3.05, 3.63) is 10.4 Å². The number of nitrogens with zero attached hydrogens (tertiary/aromatic N) is 1. The zero-order chi connectivity index (χ0) is 14.0. The van der Waals surface area contributed by atoms with Gasteiger partial charge in [0.2, 0.25) is 0 Å². The third kappa shape index (κ3) is 2.57. The molecule has 0 unspecified atom stereocenters. The highest BCUT2D eigenvalue weighted by molar-refractivity contribution is 7.19. The molecule has 1 aromatic rings. The third-order valence-corrected chi connectivity index (χ3v) is 4.30. The smallest absolute Gasteiger partial charge is 0.343 e. The number of Topliss-reactive ketones (excluding diaryl/α,β-unsaturated/α-hetero) is 1. The number of morpholine rings is 1. The quantitative estimate of drug-likeness (QED) is 0.662. The zero-order valence-electron chi connectivity index (χ0n) is 10.9. The van der Waals surface area contributed by atoms with Crippen LogP contribution in [0, 0.1) is 0 Å². The molecule has 104 valence electrons. The van der Waals surface area contributed by atoms with Gasteiger partial charge in [-0.15, -0.1) is 11.3 Å². The molecule has 1 aliphatic heterocycles. The van der Waals surface area contributed by atoms with Crippen molar-refractivity contribution in [2.24, 2.45) is 0 Å². The van der Waals surface area contributed by atoms with E-state index in [4.69, 9.17) is 15.2 Å². The van der Waals surface area contributed by atoms with Crippen molar-refractivity contribution in [2.45, 2.75) is 6.92 Å². The number of methoxy groups -OCH3 is 1. The second-order valence-corrected chi connectivity index (χ2v) is 5.17. The molecule has 1 saturated heterocycles. The number of hydrogen-bond donors (Lipinski definition) is 1. The number of nitrogen functional groups attached to an aromatic ring is 1. The van der Waals surface area contributed by atoms with Gasteiger partial charge in [0, 0.05) is 20.0 Å². The molecule has 0 radical (unpaired) electrons. The van der Waals surface area contributed by atoms with Gasteiger partial charge in [-0.25, -0.2) is 4.79 Å². The van der Waals surface area contributed by atoms with Gasteiger partial charge in [0.05, 0.1) is 30.9 Å². The molecule has 1 aromatic heterocycles. The van der Waals surface area contributed by atoms with Crippen molar-refractivity contribution in [3.8, 4) is 0 Å². The molecular weight excluding hydrogens is 268 g/mol. The number of ether oxygens (including phenoxy) is 2. The van der Waals surface area contributed by atoms with Gasteiger partial charge >= 0.3 is 5.97 Å². The second-order valence-electron chi connectivity index (χ2n) is 4.17. The number of ketones is 1. The van der Waals surface area contributed by atoms with E-state index in [1.165, 1.54) is 25.4 Å². The minimum atomic E-state index is -0.511. The van der Waals surface area contributed by atoms with E-state index in [2.05, 4.69) is 0 Å². The van der Waals surface area contributed by atoms with E-state index in [0.29, 0.717) is 41.7 Å². The number of hydrogen-bond acceptors (Lipinski definition) is 7. The highest BCUT2D eigenvalue weighted by atomic mass is 32.1. The average Bonchev–Trinajstić information content (AvgIpc) is 2.77. The molecule has 0 atom stereocenters. The maximum Gasteiger partial charge on any atom is 0.343 e. The van der Waals surface area contributed by atoms with Gasteiger partial charge in [-0.2, -0.15) is 0 Å². The number of anilines is 2. The van der Waals surface area contributed by atoms with Gasteiger partial charge in [-0.3, -0.25) is 4.79 Å². The predicted molar refractivity (Wildman–Crippen MR) is 73.1 cm³/mol. The number of carbonyl (C=O) groups excluding carboxylic acids is 2. The zero-order valence-corrected chi connectivity index (χ0v) is 11.7. The lowest BCUT2D eigenvalue weighted by Crippen LogP contribution is -2.36. The van der Waals surface area contributed by atoms with Crippen LogP contribution in [0.5, 0.6) is 0 Å². The fourth-order valence-electron chi connectivity index (χ4n) is 1.98. The Morgan fingerprint density at radius 1 is 1.37 bits per heavy atom. The maximum atomic E-state index is 11.9. The number of rotatable bonds is 3. The standard InChI is InChI=1S/C12H16N2O4S/c1-7(15)10-9(13)8(12(16)17-2)11(19-10)14-3-5-18-6-4-14/h3-6,13H2,1-2H3. The van der Waals surface area contributed by atoms with Crippen molar-refractivity contribution >= 4 is 33.8 Å². The predicted octanol–water partition coefficient (Wildman–Crippen LogP) is 1.16. The molecule has 1 fully saturated rings. The molecule has 0 aliphatic carbocycles. The molecule has 2 N–H and O–H groups in total. The van der Waals surface area contributed by atoms with Gasteiger partial charge in [-0.05, 0) is 0 Å². The summed E-state index contributed by atoms with van der Waals surface area (Å²) in [5.74, 6) is -0.657. The van der Waals surface area contributed by atoms with E-state index in [0.717, 1.165) is 0 Å². The Bertz CT molecular complexity index is 506. The molecule has 0 aromatic carbocycles. The average molecular weight is 284 g/mol. The van der Waals surface area contributed by atoms with Gasteiger partial charge in [-0.1, -0.05) is 0 Å². The molecule has 7 heteroatoms. The molecule has 1 aliphatic rings. The van der Waals surface area contributed by atoms with Crippen molar-refractivity contribution in [3.63, 3.8) is 0 Å². The Morgan fingerprint density at radius 2 is 2.00 bits per heavy atom. The topological polar surface area (TPSA) is 81.9 Å². The van der Waals surface area contributed by atoms with Crippen LogP contribution in [0.3, 0.4) is 0 Å². The molecule has 0 bridgehead atoms. The molecule has 2 rings (SSSR count). The number of thiophene rings is 1. The Hall–Kier alpha value is -1.60. The van der Waals surface area contributed by atoms with Crippen LogP contribution in [0.15, 0.2) is 0 Å². The number of nitrogens with two attached hydrogens (primary N) is 1. The van der Waals surface area contributed by atoms with Crippen LogP contribution in [0.4, 0.5) is 10.7 Å². The van der Waals surface area contributed by atoms with E-state index in [9.17, 15) is 9.59 Å². The Kier molecular flexibility index (Phi) is 4.06. The lowest BCUT2D eigenvalue weighted by atomic mass is 10.2.